The average Bonchev–Trinajstić information content (AvgIpc) is 2.45. The molecule has 0 fully saturated rings. The first-order valence-corrected chi connectivity index (χ1v) is 8.25. The van der Waals surface area contributed by atoms with Crippen molar-refractivity contribution in [1.82, 2.24) is 9.62 Å². The molecule has 21 heavy (non-hydrogen) atoms. The van der Waals surface area contributed by atoms with Gasteiger partial charge in [-0.1, -0.05) is 24.0 Å². The Balaban J connectivity index is 2.84. The van der Waals surface area contributed by atoms with Crippen LogP contribution in [0.25, 0.3) is 0 Å². The van der Waals surface area contributed by atoms with Crippen molar-refractivity contribution in [3.8, 4) is 11.8 Å². The molecule has 1 aromatic rings. The molecule has 0 heterocycles. The van der Waals surface area contributed by atoms with Crippen LogP contribution in [0.5, 0.6) is 0 Å². The van der Waals surface area contributed by atoms with Gasteiger partial charge in [0.15, 0.2) is 0 Å². The molecule has 0 unspecified atom stereocenters. The third-order valence-electron chi connectivity index (χ3n) is 3.12. The van der Waals surface area contributed by atoms with Crippen LogP contribution in [0.2, 0.25) is 0 Å². The predicted octanol–water partition coefficient (Wildman–Crippen LogP) is 0.649. The first-order chi connectivity index (χ1) is 9.88. The van der Waals surface area contributed by atoms with E-state index in [0.717, 1.165) is 0 Å². The van der Waals surface area contributed by atoms with Crippen molar-refractivity contribution in [2.75, 3.05) is 26.7 Å². The summed E-state index contributed by atoms with van der Waals surface area (Å²) in [4.78, 5) is 2.19. The highest BCUT2D eigenvalue weighted by atomic mass is 32.2. The van der Waals surface area contributed by atoms with Crippen LogP contribution in [-0.4, -0.2) is 51.2 Å². The third-order valence-corrected chi connectivity index (χ3v) is 4.64. The summed E-state index contributed by atoms with van der Waals surface area (Å²) < 4.78 is 27.2. The van der Waals surface area contributed by atoms with Crippen molar-refractivity contribution in [3.05, 3.63) is 29.8 Å². The molecule has 0 aliphatic rings. The fraction of sp³-hybridized carbons (Fsp3) is 0.467. The zero-order valence-electron chi connectivity index (χ0n) is 12.6. The van der Waals surface area contributed by atoms with Gasteiger partial charge in [0.05, 0.1) is 4.90 Å². The molecule has 5 nitrogen and oxygen atoms in total. The van der Waals surface area contributed by atoms with E-state index in [1.165, 1.54) is 6.07 Å². The maximum absolute atomic E-state index is 12.3. The summed E-state index contributed by atoms with van der Waals surface area (Å²) in [5.41, 5.74) is 0.385. The second kappa shape index (κ2) is 8.15. The maximum Gasteiger partial charge on any atom is 0.241 e. The summed E-state index contributed by atoms with van der Waals surface area (Å²) in [7, 11) is -1.66. The van der Waals surface area contributed by atoms with Gasteiger partial charge in [0.25, 0.3) is 0 Å². The molecule has 0 atom stereocenters. The average molecular weight is 310 g/mol. The molecule has 1 rings (SSSR count). The van der Waals surface area contributed by atoms with E-state index in [0.29, 0.717) is 24.7 Å². The quantitative estimate of drug-likeness (QED) is 0.757. The van der Waals surface area contributed by atoms with Gasteiger partial charge >= 0.3 is 0 Å². The number of sulfonamides is 1. The molecule has 116 valence electrons. The Morgan fingerprint density at radius 3 is 2.62 bits per heavy atom. The first kappa shape index (κ1) is 17.7. The molecule has 0 aliphatic heterocycles. The van der Waals surface area contributed by atoms with Gasteiger partial charge in [-0.15, -0.1) is 0 Å². The lowest BCUT2D eigenvalue weighted by Crippen LogP contribution is -2.36. The highest BCUT2D eigenvalue weighted by Gasteiger charge is 2.17. The Labute approximate surface area is 127 Å². The van der Waals surface area contributed by atoms with Crippen LogP contribution in [0.4, 0.5) is 0 Å². The molecular weight excluding hydrogens is 288 g/mol. The second-order valence-electron chi connectivity index (χ2n) is 4.93. The standard InChI is InChI=1S/C15H22N2O3S/c1-13(2)17(3)11-10-16-21(19,20)15-9-5-4-7-14(15)8-6-12-18/h4-5,7,9,13,16,18H,10-12H2,1-3H3. The van der Waals surface area contributed by atoms with Crippen LogP contribution in [0.15, 0.2) is 29.2 Å². The number of likely N-dealkylation sites (N-methyl/N-ethyl adjacent to an activating group) is 1. The lowest BCUT2D eigenvalue weighted by atomic mass is 10.2. The monoisotopic (exact) mass is 310 g/mol. The molecule has 0 aromatic heterocycles. The topological polar surface area (TPSA) is 69.6 Å². The Morgan fingerprint density at radius 2 is 2.00 bits per heavy atom. The van der Waals surface area contributed by atoms with Crippen LogP contribution in [0.3, 0.4) is 0 Å². The van der Waals surface area contributed by atoms with Crippen molar-refractivity contribution in [2.45, 2.75) is 24.8 Å². The summed E-state index contributed by atoms with van der Waals surface area (Å²) >= 11 is 0. The number of nitrogens with one attached hydrogen (secondary N) is 1. The highest BCUT2D eigenvalue weighted by molar-refractivity contribution is 7.89. The highest BCUT2D eigenvalue weighted by Crippen LogP contribution is 2.13. The van der Waals surface area contributed by atoms with Crippen molar-refractivity contribution >= 4 is 10.0 Å². The molecule has 0 aliphatic carbocycles. The summed E-state index contributed by atoms with van der Waals surface area (Å²) in [6.07, 6.45) is 0. The van der Waals surface area contributed by atoms with Crippen molar-refractivity contribution in [2.24, 2.45) is 0 Å². The number of hydrogen-bond donors (Lipinski definition) is 2. The van der Waals surface area contributed by atoms with Gasteiger partial charge in [0.1, 0.15) is 6.61 Å². The SMILES string of the molecule is CC(C)N(C)CCNS(=O)(=O)c1ccccc1C#CCO. The number of rotatable bonds is 6. The molecule has 0 spiro atoms. The van der Waals surface area contributed by atoms with Gasteiger partial charge in [-0.25, -0.2) is 13.1 Å². The zero-order valence-corrected chi connectivity index (χ0v) is 13.4. The Hall–Kier alpha value is -1.39. The third kappa shape index (κ3) is 5.48. The number of hydrogen-bond acceptors (Lipinski definition) is 4. The van der Waals surface area contributed by atoms with E-state index >= 15 is 0 Å². The van der Waals surface area contributed by atoms with E-state index in [2.05, 4.69) is 21.5 Å². The Bertz CT molecular complexity index is 615. The van der Waals surface area contributed by atoms with Gasteiger partial charge < -0.3 is 10.0 Å². The van der Waals surface area contributed by atoms with Gasteiger partial charge in [-0.3, -0.25) is 0 Å². The number of aliphatic hydroxyl groups excluding tert-OH is 1. The molecule has 6 heteroatoms. The molecule has 0 bridgehead atoms. The fourth-order valence-corrected chi connectivity index (χ4v) is 2.81. The zero-order chi connectivity index (χ0) is 15.9. The number of benzene rings is 1. The van der Waals surface area contributed by atoms with Gasteiger partial charge in [-0.2, -0.15) is 0 Å². The molecule has 0 saturated heterocycles. The van der Waals surface area contributed by atoms with E-state index < -0.39 is 10.0 Å². The van der Waals surface area contributed by atoms with Crippen LogP contribution in [-0.2, 0) is 10.0 Å². The normalized spacial score (nSPS) is 11.5. The fourth-order valence-electron chi connectivity index (χ4n) is 1.63. The van der Waals surface area contributed by atoms with Gasteiger partial charge in [-0.05, 0) is 33.0 Å². The number of aliphatic hydroxyl groups is 1. The van der Waals surface area contributed by atoms with Crippen molar-refractivity contribution < 1.29 is 13.5 Å². The Morgan fingerprint density at radius 1 is 1.33 bits per heavy atom. The van der Waals surface area contributed by atoms with E-state index in [1.807, 2.05) is 20.9 Å². The van der Waals surface area contributed by atoms with Crippen molar-refractivity contribution in [1.29, 1.82) is 0 Å². The largest absolute Gasteiger partial charge is 0.384 e. The smallest absolute Gasteiger partial charge is 0.241 e. The summed E-state index contributed by atoms with van der Waals surface area (Å²) in [5, 5.41) is 8.73. The van der Waals surface area contributed by atoms with E-state index in [-0.39, 0.29) is 11.5 Å². The van der Waals surface area contributed by atoms with Gasteiger partial charge in [0.2, 0.25) is 10.0 Å². The lowest BCUT2D eigenvalue weighted by Gasteiger charge is -2.21. The molecule has 1 aromatic carbocycles. The molecule has 0 saturated carbocycles. The summed E-state index contributed by atoms with van der Waals surface area (Å²) in [6, 6.07) is 6.86. The minimum absolute atomic E-state index is 0.137. The van der Waals surface area contributed by atoms with Gasteiger partial charge in [0, 0.05) is 24.7 Å². The second-order valence-corrected chi connectivity index (χ2v) is 6.66. The van der Waals surface area contributed by atoms with Crippen LogP contribution < -0.4 is 4.72 Å². The van der Waals surface area contributed by atoms with E-state index in [9.17, 15) is 8.42 Å². The summed E-state index contributed by atoms with van der Waals surface area (Å²) in [6.45, 7) is 4.75. The maximum atomic E-state index is 12.3. The lowest BCUT2D eigenvalue weighted by molar-refractivity contribution is 0.278. The number of nitrogens with zero attached hydrogens (tertiary/aromatic N) is 1. The minimum Gasteiger partial charge on any atom is -0.384 e. The van der Waals surface area contributed by atoms with Crippen LogP contribution in [0, 0.1) is 11.8 Å². The summed E-state index contributed by atoms with van der Waals surface area (Å²) in [5.74, 6) is 5.13. The Kier molecular flexibility index (Phi) is 6.85. The minimum atomic E-state index is -3.60. The molecular formula is C15H22N2O3S. The predicted molar refractivity (Wildman–Crippen MR) is 83.4 cm³/mol. The molecule has 0 radical (unpaired) electrons. The molecule has 0 amide bonds. The van der Waals surface area contributed by atoms with Crippen LogP contribution >= 0.6 is 0 Å². The van der Waals surface area contributed by atoms with E-state index in [4.69, 9.17) is 5.11 Å². The van der Waals surface area contributed by atoms with E-state index in [1.54, 1.807) is 18.2 Å². The van der Waals surface area contributed by atoms with Crippen LogP contribution in [0.1, 0.15) is 19.4 Å². The molecule has 2 N–H and O–H groups in total. The first-order valence-electron chi connectivity index (χ1n) is 6.77. The van der Waals surface area contributed by atoms with Crippen molar-refractivity contribution in [3.63, 3.8) is 0 Å².